The van der Waals surface area contributed by atoms with Gasteiger partial charge in [0, 0.05) is 16.9 Å². The number of carbonyl (C=O) groups excluding carboxylic acids is 1. The van der Waals surface area contributed by atoms with Crippen LogP contribution in [-0.2, 0) is 10.0 Å². The SMILES string of the molecule is CCOc1ccc(NS(=O)(=O)c2cccc(C(=O)Nc3cccc(F)c3)c2)cc1. The van der Waals surface area contributed by atoms with E-state index in [0.29, 0.717) is 18.0 Å². The Bertz CT molecular complexity index is 1120. The summed E-state index contributed by atoms with van der Waals surface area (Å²) in [6, 6.07) is 17.5. The van der Waals surface area contributed by atoms with E-state index in [2.05, 4.69) is 10.0 Å². The minimum atomic E-state index is -3.90. The summed E-state index contributed by atoms with van der Waals surface area (Å²) in [6.07, 6.45) is 0. The van der Waals surface area contributed by atoms with Crippen molar-refractivity contribution in [2.24, 2.45) is 0 Å². The van der Waals surface area contributed by atoms with E-state index >= 15 is 0 Å². The van der Waals surface area contributed by atoms with Gasteiger partial charge >= 0.3 is 0 Å². The van der Waals surface area contributed by atoms with Crippen LogP contribution in [-0.4, -0.2) is 20.9 Å². The fourth-order valence-electron chi connectivity index (χ4n) is 2.57. The maximum Gasteiger partial charge on any atom is 0.261 e. The fraction of sp³-hybridized carbons (Fsp3) is 0.0952. The van der Waals surface area contributed by atoms with Crippen molar-refractivity contribution in [2.75, 3.05) is 16.6 Å². The molecule has 6 nitrogen and oxygen atoms in total. The molecule has 3 aromatic carbocycles. The first-order valence-corrected chi connectivity index (χ1v) is 10.3. The molecule has 2 N–H and O–H groups in total. The van der Waals surface area contributed by atoms with Gasteiger partial charge in [0.15, 0.2) is 0 Å². The minimum absolute atomic E-state index is 0.0710. The van der Waals surface area contributed by atoms with Crippen LogP contribution in [0.4, 0.5) is 15.8 Å². The van der Waals surface area contributed by atoms with Gasteiger partial charge in [-0.3, -0.25) is 9.52 Å². The first kappa shape index (κ1) is 20.3. The molecule has 3 aromatic rings. The minimum Gasteiger partial charge on any atom is -0.494 e. The predicted molar refractivity (Wildman–Crippen MR) is 109 cm³/mol. The second kappa shape index (κ2) is 8.74. The van der Waals surface area contributed by atoms with Crippen LogP contribution >= 0.6 is 0 Å². The number of sulfonamides is 1. The molecule has 3 rings (SSSR count). The molecule has 0 spiro atoms. The Morgan fingerprint density at radius 2 is 1.69 bits per heavy atom. The van der Waals surface area contributed by atoms with E-state index in [9.17, 15) is 17.6 Å². The quantitative estimate of drug-likeness (QED) is 0.604. The van der Waals surface area contributed by atoms with E-state index in [1.165, 1.54) is 48.5 Å². The van der Waals surface area contributed by atoms with Gasteiger partial charge in [0.05, 0.1) is 11.5 Å². The number of carbonyl (C=O) groups is 1. The van der Waals surface area contributed by atoms with Gasteiger partial charge in [-0.05, 0) is 67.6 Å². The first-order chi connectivity index (χ1) is 13.9. The van der Waals surface area contributed by atoms with Crippen LogP contribution in [0.3, 0.4) is 0 Å². The van der Waals surface area contributed by atoms with E-state index in [0.717, 1.165) is 0 Å². The van der Waals surface area contributed by atoms with Crippen molar-refractivity contribution in [3.05, 3.63) is 84.2 Å². The lowest BCUT2D eigenvalue weighted by Gasteiger charge is -2.11. The Balaban J connectivity index is 1.77. The average Bonchev–Trinajstić information content (AvgIpc) is 2.70. The number of halogens is 1. The second-order valence-corrected chi connectivity index (χ2v) is 7.74. The molecule has 0 atom stereocenters. The highest BCUT2D eigenvalue weighted by molar-refractivity contribution is 7.92. The monoisotopic (exact) mass is 414 g/mol. The van der Waals surface area contributed by atoms with Gasteiger partial charge in [-0.1, -0.05) is 12.1 Å². The summed E-state index contributed by atoms with van der Waals surface area (Å²) >= 11 is 0. The van der Waals surface area contributed by atoms with Gasteiger partial charge in [-0.25, -0.2) is 12.8 Å². The lowest BCUT2D eigenvalue weighted by Crippen LogP contribution is -2.16. The van der Waals surface area contributed by atoms with Crippen LogP contribution in [0, 0.1) is 5.82 Å². The Hall–Kier alpha value is -3.39. The molecule has 8 heteroatoms. The van der Waals surface area contributed by atoms with Crippen molar-refractivity contribution in [3.8, 4) is 5.75 Å². The number of hydrogen-bond acceptors (Lipinski definition) is 4. The van der Waals surface area contributed by atoms with E-state index in [-0.39, 0.29) is 16.1 Å². The summed E-state index contributed by atoms with van der Waals surface area (Å²) in [7, 11) is -3.90. The highest BCUT2D eigenvalue weighted by Crippen LogP contribution is 2.21. The third-order valence-corrected chi connectivity index (χ3v) is 5.29. The standard InChI is InChI=1S/C21H19FN2O4S/c1-2-28-19-11-9-17(10-12-19)24-29(26,27)20-8-3-5-15(13-20)21(25)23-18-7-4-6-16(22)14-18/h3-14,24H,2H2,1H3,(H,23,25). The van der Waals surface area contributed by atoms with Crippen LogP contribution in [0.5, 0.6) is 5.75 Å². The summed E-state index contributed by atoms with van der Waals surface area (Å²) in [6.45, 7) is 2.36. The van der Waals surface area contributed by atoms with Crippen LogP contribution in [0.15, 0.2) is 77.7 Å². The largest absolute Gasteiger partial charge is 0.494 e. The van der Waals surface area contributed by atoms with E-state index in [4.69, 9.17) is 4.74 Å². The summed E-state index contributed by atoms with van der Waals surface area (Å²) in [4.78, 5) is 12.3. The highest BCUT2D eigenvalue weighted by atomic mass is 32.2. The molecule has 0 aliphatic rings. The zero-order chi connectivity index (χ0) is 20.9. The third kappa shape index (κ3) is 5.32. The Kier molecular flexibility index (Phi) is 6.13. The summed E-state index contributed by atoms with van der Waals surface area (Å²) in [5.41, 5.74) is 0.766. The molecular formula is C21H19FN2O4S. The molecular weight excluding hydrogens is 395 g/mol. The molecule has 150 valence electrons. The molecule has 0 unspecified atom stereocenters. The van der Waals surface area contributed by atoms with Crippen molar-refractivity contribution < 1.29 is 22.3 Å². The van der Waals surface area contributed by atoms with E-state index in [1.54, 1.807) is 24.3 Å². The zero-order valence-electron chi connectivity index (χ0n) is 15.6. The number of amides is 1. The number of ether oxygens (including phenoxy) is 1. The van der Waals surface area contributed by atoms with Crippen LogP contribution in [0.2, 0.25) is 0 Å². The molecule has 0 aliphatic carbocycles. The maximum atomic E-state index is 13.3. The summed E-state index contributed by atoms with van der Waals surface area (Å²) in [5, 5.41) is 2.54. The van der Waals surface area contributed by atoms with Crippen molar-refractivity contribution in [1.82, 2.24) is 0 Å². The van der Waals surface area contributed by atoms with E-state index < -0.39 is 21.7 Å². The predicted octanol–water partition coefficient (Wildman–Crippen LogP) is 4.28. The number of benzene rings is 3. The van der Waals surface area contributed by atoms with Gasteiger partial charge in [0.1, 0.15) is 11.6 Å². The second-order valence-electron chi connectivity index (χ2n) is 6.06. The van der Waals surface area contributed by atoms with Crippen LogP contribution < -0.4 is 14.8 Å². The third-order valence-electron chi connectivity index (χ3n) is 3.91. The van der Waals surface area contributed by atoms with Crippen molar-refractivity contribution in [1.29, 1.82) is 0 Å². The molecule has 0 aromatic heterocycles. The fourth-order valence-corrected chi connectivity index (χ4v) is 3.68. The Morgan fingerprint density at radius 3 is 2.38 bits per heavy atom. The number of anilines is 2. The number of hydrogen-bond donors (Lipinski definition) is 2. The van der Waals surface area contributed by atoms with Gasteiger partial charge in [-0.2, -0.15) is 0 Å². The average molecular weight is 414 g/mol. The van der Waals surface area contributed by atoms with Crippen LogP contribution in [0.1, 0.15) is 17.3 Å². The Labute approximate surface area is 168 Å². The molecule has 0 bridgehead atoms. The van der Waals surface area contributed by atoms with Gasteiger partial charge in [0.25, 0.3) is 15.9 Å². The van der Waals surface area contributed by atoms with Crippen molar-refractivity contribution in [3.63, 3.8) is 0 Å². The molecule has 0 fully saturated rings. The number of nitrogens with one attached hydrogen (secondary N) is 2. The first-order valence-electron chi connectivity index (χ1n) is 8.80. The number of rotatable bonds is 7. The molecule has 0 saturated heterocycles. The highest BCUT2D eigenvalue weighted by Gasteiger charge is 2.17. The molecule has 0 saturated carbocycles. The molecule has 0 heterocycles. The molecule has 1 amide bonds. The van der Waals surface area contributed by atoms with E-state index in [1.807, 2.05) is 6.92 Å². The Morgan fingerprint density at radius 1 is 0.966 bits per heavy atom. The molecule has 29 heavy (non-hydrogen) atoms. The van der Waals surface area contributed by atoms with Gasteiger partial charge < -0.3 is 10.1 Å². The molecule has 0 radical (unpaired) electrons. The van der Waals surface area contributed by atoms with Crippen LogP contribution in [0.25, 0.3) is 0 Å². The van der Waals surface area contributed by atoms with Crippen molar-refractivity contribution >= 4 is 27.3 Å². The maximum absolute atomic E-state index is 13.3. The lowest BCUT2D eigenvalue weighted by atomic mass is 10.2. The lowest BCUT2D eigenvalue weighted by molar-refractivity contribution is 0.102. The topological polar surface area (TPSA) is 84.5 Å². The zero-order valence-corrected chi connectivity index (χ0v) is 16.4. The molecule has 0 aliphatic heterocycles. The summed E-state index contributed by atoms with van der Waals surface area (Å²) < 4.78 is 46.4. The van der Waals surface area contributed by atoms with Gasteiger partial charge in [-0.15, -0.1) is 0 Å². The summed E-state index contributed by atoms with van der Waals surface area (Å²) in [5.74, 6) is -0.404. The smallest absolute Gasteiger partial charge is 0.261 e. The van der Waals surface area contributed by atoms with Crippen molar-refractivity contribution in [2.45, 2.75) is 11.8 Å². The van der Waals surface area contributed by atoms with Gasteiger partial charge in [0.2, 0.25) is 0 Å². The normalized spacial score (nSPS) is 11.0.